The van der Waals surface area contributed by atoms with Crippen LogP contribution in [0.2, 0.25) is 0 Å². The Morgan fingerprint density at radius 2 is 1.92 bits per heavy atom. The number of carbonyl (C=O) groups excluding carboxylic acids is 1. The molecule has 2 atom stereocenters. The number of aromatic nitrogens is 2. The Morgan fingerprint density at radius 1 is 1.14 bits per heavy atom. The van der Waals surface area contributed by atoms with Crippen molar-refractivity contribution in [2.45, 2.75) is 63.1 Å². The first kappa shape index (κ1) is 25.1. The van der Waals surface area contributed by atoms with Gasteiger partial charge in [0.25, 0.3) is 5.91 Å². The molecule has 3 aliphatic rings. The number of nitrogens with one attached hydrogen (secondary N) is 2. The molecular formula is C28H39N5O3. The van der Waals surface area contributed by atoms with Crippen LogP contribution >= 0.6 is 0 Å². The number of rotatable bonds is 8. The van der Waals surface area contributed by atoms with Gasteiger partial charge in [0.05, 0.1) is 12.7 Å². The van der Waals surface area contributed by atoms with Crippen molar-refractivity contribution >= 4 is 11.7 Å². The molecule has 2 aromatic rings. The molecule has 194 valence electrons. The fraction of sp³-hybridized carbons (Fsp3) is 0.607. The van der Waals surface area contributed by atoms with E-state index in [-0.39, 0.29) is 12.0 Å². The van der Waals surface area contributed by atoms with Crippen LogP contribution in [0.15, 0.2) is 36.7 Å². The highest BCUT2D eigenvalue weighted by Crippen LogP contribution is 2.41. The van der Waals surface area contributed by atoms with Gasteiger partial charge < -0.3 is 25.0 Å². The first-order valence-corrected chi connectivity index (χ1v) is 13.4. The van der Waals surface area contributed by atoms with E-state index < -0.39 is 0 Å². The van der Waals surface area contributed by atoms with Crippen LogP contribution in [0.25, 0.3) is 0 Å². The molecule has 2 aliphatic heterocycles. The maximum atomic E-state index is 13.3. The lowest BCUT2D eigenvalue weighted by atomic mass is 9.71. The van der Waals surface area contributed by atoms with E-state index in [0.717, 1.165) is 56.9 Å². The van der Waals surface area contributed by atoms with Crippen LogP contribution < -0.4 is 10.6 Å². The van der Waals surface area contributed by atoms with Gasteiger partial charge in [-0.15, -0.1) is 0 Å². The summed E-state index contributed by atoms with van der Waals surface area (Å²) in [5.74, 6) is 2.07. The van der Waals surface area contributed by atoms with Gasteiger partial charge in [-0.05, 0) is 56.4 Å². The van der Waals surface area contributed by atoms with Crippen LogP contribution in [0, 0.1) is 12.8 Å². The minimum Gasteiger partial charge on any atom is -0.379 e. The monoisotopic (exact) mass is 493 g/mol. The number of hydrogen-bond acceptors (Lipinski definition) is 7. The van der Waals surface area contributed by atoms with Gasteiger partial charge in [-0.2, -0.15) is 0 Å². The van der Waals surface area contributed by atoms with Crippen LogP contribution in [0.4, 0.5) is 5.82 Å². The number of hydrogen-bond donors (Lipinski definition) is 2. The van der Waals surface area contributed by atoms with Gasteiger partial charge in [0, 0.05) is 51.0 Å². The predicted molar refractivity (Wildman–Crippen MR) is 139 cm³/mol. The molecule has 1 aromatic heterocycles. The van der Waals surface area contributed by atoms with Crippen LogP contribution in [0.5, 0.6) is 0 Å². The highest BCUT2D eigenvalue weighted by molar-refractivity contribution is 5.94. The molecule has 2 saturated heterocycles. The zero-order valence-electron chi connectivity index (χ0n) is 21.5. The van der Waals surface area contributed by atoms with E-state index in [4.69, 9.17) is 9.47 Å². The summed E-state index contributed by atoms with van der Waals surface area (Å²) in [6.07, 6.45) is 6.81. The molecular weight excluding hydrogens is 454 g/mol. The lowest BCUT2D eigenvalue weighted by Crippen LogP contribution is -2.54. The number of nitrogens with zero attached hydrogens (tertiary/aromatic N) is 3. The normalized spacial score (nSPS) is 26.9. The van der Waals surface area contributed by atoms with Crippen molar-refractivity contribution in [1.29, 1.82) is 0 Å². The fourth-order valence-electron chi connectivity index (χ4n) is 5.82. The minimum atomic E-state index is 0.00465. The summed E-state index contributed by atoms with van der Waals surface area (Å²) in [5.41, 5.74) is 2.79. The third kappa shape index (κ3) is 5.71. The number of carbonyl (C=O) groups is 1. The molecule has 1 saturated carbocycles. The van der Waals surface area contributed by atoms with Gasteiger partial charge in [0.2, 0.25) is 0 Å². The van der Waals surface area contributed by atoms with Crippen molar-refractivity contribution in [2.75, 3.05) is 45.3 Å². The second kappa shape index (κ2) is 11.7. The zero-order chi connectivity index (χ0) is 24.9. The molecule has 36 heavy (non-hydrogen) atoms. The van der Waals surface area contributed by atoms with Crippen LogP contribution in [0.3, 0.4) is 0 Å². The summed E-state index contributed by atoms with van der Waals surface area (Å²) >= 11 is 0. The van der Waals surface area contributed by atoms with Crippen molar-refractivity contribution in [2.24, 2.45) is 5.92 Å². The molecule has 3 fully saturated rings. The smallest absolute Gasteiger partial charge is 0.272 e. The third-order valence-corrected chi connectivity index (χ3v) is 8.19. The highest BCUT2D eigenvalue weighted by atomic mass is 16.5. The summed E-state index contributed by atoms with van der Waals surface area (Å²) < 4.78 is 11.1. The average molecular weight is 494 g/mol. The molecule has 5 rings (SSSR count). The number of likely N-dealkylation sites (tertiary alicyclic amines) is 1. The lowest BCUT2D eigenvalue weighted by Gasteiger charge is -2.38. The Hall–Kier alpha value is -2.55. The van der Waals surface area contributed by atoms with E-state index in [0.29, 0.717) is 36.2 Å². The fourth-order valence-corrected chi connectivity index (χ4v) is 5.82. The van der Waals surface area contributed by atoms with Crippen molar-refractivity contribution in [1.82, 2.24) is 20.2 Å². The highest BCUT2D eigenvalue weighted by Gasteiger charge is 2.32. The first-order chi connectivity index (χ1) is 17.6. The minimum absolute atomic E-state index is 0.00465. The van der Waals surface area contributed by atoms with Crippen LogP contribution in [-0.2, 0) is 9.47 Å². The summed E-state index contributed by atoms with van der Waals surface area (Å²) in [6.45, 7) is 5.70. The molecule has 2 N–H and O–H groups in total. The summed E-state index contributed by atoms with van der Waals surface area (Å²) in [7, 11) is 1.75. The second-order valence-corrected chi connectivity index (χ2v) is 10.5. The molecule has 0 radical (unpaired) electrons. The molecule has 2 unspecified atom stereocenters. The Balaban J connectivity index is 1.11. The molecule has 1 aliphatic carbocycles. The number of piperidine rings is 1. The van der Waals surface area contributed by atoms with Crippen molar-refractivity contribution in [3.05, 3.63) is 53.5 Å². The molecule has 1 amide bonds. The van der Waals surface area contributed by atoms with Gasteiger partial charge in [-0.1, -0.05) is 30.3 Å². The molecule has 8 nitrogen and oxygen atoms in total. The van der Waals surface area contributed by atoms with Gasteiger partial charge >= 0.3 is 0 Å². The molecule has 8 heteroatoms. The van der Waals surface area contributed by atoms with Crippen LogP contribution in [0.1, 0.15) is 59.6 Å². The van der Waals surface area contributed by atoms with E-state index in [9.17, 15) is 4.79 Å². The Kier molecular flexibility index (Phi) is 8.14. The molecule has 1 aromatic carbocycles. The molecule has 0 spiro atoms. The lowest BCUT2D eigenvalue weighted by molar-refractivity contribution is -0.0533. The van der Waals surface area contributed by atoms with Crippen molar-refractivity contribution < 1.29 is 14.3 Å². The standard InChI is InChI=1S/C28H39N5O3/c1-19-26(28(34)33-11-8-23(9-12-33)32-24-10-13-36-17-25(24)35-2)30-18-31-27(19)29-16-20-14-22(15-20)21-6-4-3-5-7-21/h3-7,18,20,22-25,32H,8-17H2,1-2H3,(H,29,30,31). The average Bonchev–Trinajstić information content (AvgIpc) is 2.89. The second-order valence-electron chi connectivity index (χ2n) is 10.5. The molecule has 0 bridgehead atoms. The Bertz CT molecular complexity index is 1010. The van der Waals surface area contributed by atoms with Gasteiger partial charge in [-0.3, -0.25) is 4.79 Å². The summed E-state index contributed by atoms with van der Waals surface area (Å²) in [5, 5.41) is 7.25. The topological polar surface area (TPSA) is 88.6 Å². The van der Waals surface area contributed by atoms with Crippen molar-refractivity contribution in [3.63, 3.8) is 0 Å². The Labute approximate surface area is 214 Å². The largest absolute Gasteiger partial charge is 0.379 e. The predicted octanol–water partition coefficient (Wildman–Crippen LogP) is 3.39. The maximum absolute atomic E-state index is 13.3. The van der Waals surface area contributed by atoms with Gasteiger partial charge in [-0.25, -0.2) is 9.97 Å². The summed E-state index contributed by atoms with van der Waals surface area (Å²) in [6, 6.07) is 11.5. The number of anilines is 1. The van der Waals surface area contributed by atoms with E-state index in [1.165, 1.54) is 24.7 Å². The zero-order valence-corrected chi connectivity index (χ0v) is 21.5. The number of amides is 1. The molecule has 3 heterocycles. The SMILES string of the molecule is COC1COCCC1NC1CCN(C(=O)c2ncnc(NCC3CC(c4ccccc4)C3)c2C)CC1. The quantitative estimate of drug-likeness (QED) is 0.583. The number of methoxy groups -OCH3 is 1. The number of benzene rings is 1. The maximum Gasteiger partial charge on any atom is 0.272 e. The van der Waals surface area contributed by atoms with Crippen LogP contribution in [-0.4, -0.2) is 78.9 Å². The van der Waals surface area contributed by atoms with Gasteiger partial charge in [0.15, 0.2) is 0 Å². The Morgan fingerprint density at radius 3 is 2.67 bits per heavy atom. The van der Waals surface area contributed by atoms with E-state index in [1.54, 1.807) is 7.11 Å². The van der Waals surface area contributed by atoms with E-state index in [2.05, 4.69) is 50.9 Å². The number of ether oxygens (including phenoxy) is 2. The van der Waals surface area contributed by atoms with Crippen molar-refractivity contribution in [3.8, 4) is 0 Å². The summed E-state index contributed by atoms with van der Waals surface area (Å²) in [4.78, 5) is 24.1. The van der Waals surface area contributed by atoms with Gasteiger partial charge in [0.1, 0.15) is 17.8 Å². The third-order valence-electron chi connectivity index (χ3n) is 8.19. The van der Waals surface area contributed by atoms with E-state index in [1.807, 2.05) is 11.8 Å². The van der Waals surface area contributed by atoms with E-state index >= 15 is 0 Å². The first-order valence-electron chi connectivity index (χ1n) is 13.4.